The number of hydrogen-bond donors (Lipinski definition) is 2. The van der Waals surface area contributed by atoms with Crippen LogP contribution < -0.4 is 25.7 Å². The third-order valence-electron chi connectivity index (χ3n) is 17.3. The number of likely N-dealkylation sites (N-methyl/N-ethyl adjacent to an activating group) is 2. The van der Waals surface area contributed by atoms with Crippen LogP contribution in [0.4, 0.5) is 38.8 Å². The number of aromatic nitrogens is 5. The summed E-state index contributed by atoms with van der Waals surface area (Å²) in [6.45, 7) is 11.9. The van der Waals surface area contributed by atoms with Gasteiger partial charge in [0.2, 0.25) is 0 Å². The van der Waals surface area contributed by atoms with E-state index in [1.54, 1.807) is 42.8 Å². The number of aliphatic hydroxyl groups is 1. The number of likely N-dealkylation sites (tertiary alicyclic amines) is 2. The molecule has 0 saturated carbocycles. The molecule has 0 radical (unpaired) electrons. The maximum absolute atomic E-state index is 17.1. The number of hydrogen-bond acceptors (Lipinski definition) is 17. The van der Waals surface area contributed by atoms with E-state index in [9.17, 15) is 42.3 Å². The lowest BCUT2D eigenvalue weighted by atomic mass is 9.86. The Morgan fingerprint density at radius 2 is 1.73 bits per heavy atom. The van der Waals surface area contributed by atoms with Gasteiger partial charge in [0.1, 0.15) is 42.7 Å². The largest absolute Gasteiger partial charge is 0.462 e. The third-order valence-corrected chi connectivity index (χ3v) is 17.6. The first kappa shape index (κ1) is 59.6. The fourth-order valence-electron chi connectivity index (χ4n) is 12.7. The molecule has 3 saturated heterocycles. The van der Waals surface area contributed by atoms with E-state index < -0.39 is 82.2 Å². The lowest BCUT2D eigenvalue weighted by Crippen LogP contribution is -2.54. The second-order valence-electron chi connectivity index (χ2n) is 22.7. The van der Waals surface area contributed by atoms with E-state index in [0.29, 0.717) is 48.1 Å². The highest BCUT2D eigenvalue weighted by Gasteiger charge is 2.46. The Kier molecular flexibility index (Phi) is 15.9. The number of carbonyl (C=O) groups is 4. The molecule has 86 heavy (non-hydrogen) atoms. The van der Waals surface area contributed by atoms with Crippen molar-refractivity contribution >= 4 is 69.1 Å². The van der Waals surface area contributed by atoms with Crippen LogP contribution in [0, 0.1) is 12.7 Å². The lowest BCUT2D eigenvalue weighted by molar-refractivity contribution is -0.172. The summed E-state index contributed by atoms with van der Waals surface area (Å²) in [4.78, 5) is 94.1. The number of fused-ring (bicyclic) bond motifs is 6. The molecule has 3 N–H and O–H groups in total. The van der Waals surface area contributed by atoms with Crippen molar-refractivity contribution in [1.82, 2.24) is 44.1 Å². The zero-order valence-corrected chi connectivity index (χ0v) is 49.0. The standard InChI is InChI=1S/C60H64ClF4N11O10/c1-8-36-37-21-35(14-15-43(37)67-49-39(36)26-76-44(49)23-41-40(54(76)78)29-83-55(79)59(41,82)9-2)86-57(80)72(7)25-33-12-11-17-75(33)58(81)85-27-31(4)53(77)73-18-19-74(32(5)24-73)52-38-22-42(61)46(51-47(60(63,64)65)30(3)20-45(66)68-51)48(62)50(38)69-56(70-52)84-28-34-13-10-16-71(34)6/h14-15,20-23,32-34,82H,4,8-13,16-19,24-29H2,1-3,5-7H3,(H2,66,68)/t32-,33-,34-,59-/m0/s1. The van der Waals surface area contributed by atoms with Crippen LogP contribution in [-0.2, 0) is 50.4 Å². The fourth-order valence-corrected chi connectivity index (χ4v) is 13.0. The number of anilines is 2. The zero-order valence-electron chi connectivity index (χ0n) is 48.3. The van der Waals surface area contributed by atoms with Crippen molar-refractivity contribution in [3.63, 3.8) is 0 Å². The van der Waals surface area contributed by atoms with Crippen LogP contribution >= 0.6 is 11.6 Å². The molecular weight excluding hydrogens is 1150 g/mol. The molecule has 11 rings (SSSR count). The molecular formula is C60H64ClF4N11O10. The first-order valence-corrected chi connectivity index (χ1v) is 28.9. The molecule has 26 heteroatoms. The second-order valence-corrected chi connectivity index (χ2v) is 23.1. The first-order valence-electron chi connectivity index (χ1n) is 28.5. The van der Waals surface area contributed by atoms with Gasteiger partial charge in [-0.05, 0) is 113 Å². The maximum Gasteiger partial charge on any atom is 0.418 e. The number of nitrogen functional groups attached to an aromatic ring is 1. The van der Waals surface area contributed by atoms with Gasteiger partial charge in [-0.1, -0.05) is 32.0 Å². The fraction of sp³-hybridized carbons (Fsp3) is 0.450. The highest BCUT2D eigenvalue weighted by atomic mass is 35.5. The van der Waals surface area contributed by atoms with Crippen LogP contribution in [0.2, 0.25) is 5.02 Å². The van der Waals surface area contributed by atoms with Gasteiger partial charge in [-0.15, -0.1) is 0 Å². The zero-order chi connectivity index (χ0) is 61.4. The Hall–Kier alpha value is -8.16. The molecule has 0 bridgehead atoms. The van der Waals surface area contributed by atoms with Crippen molar-refractivity contribution in [1.29, 1.82) is 0 Å². The van der Waals surface area contributed by atoms with Crippen LogP contribution in [-0.4, -0.2) is 158 Å². The minimum Gasteiger partial charge on any atom is -0.462 e. The van der Waals surface area contributed by atoms with Gasteiger partial charge >= 0.3 is 30.3 Å². The molecule has 3 fully saturated rings. The number of amides is 3. The smallest absolute Gasteiger partial charge is 0.418 e. The van der Waals surface area contributed by atoms with E-state index in [0.717, 1.165) is 36.6 Å². The van der Waals surface area contributed by atoms with E-state index in [2.05, 4.69) is 21.4 Å². The predicted molar refractivity (Wildman–Crippen MR) is 309 cm³/mol. The molecule has 4 aromatic heterocycles. The summed E-state index contributed by atoms with van der Waals surface area (Å²) < 4.78 is 85.2. The Morgan fingerprint density at radius 3 is 2.44 bits per heavy atom. The number of cyclic esters (lactones) is 1. The summed E-state index contributed by atoms with van der Waals surface area (Å²) in [6.07, 6.45) is -2.81. The van der Waals surface area contributed by atoms with Gasteiger partial charge in [0, 0.05) is 79.3 Å². The average Bonchev–Trinajstić information content (AvgIpc) is 1.52. The molecule has 4 atom stereocenters. The number of benzene rings is 2. The molecule has 0 unspecified atom stereocenters. The molecule has 5 aliphatic heterocycles. The number of carbonyl (C=O) groups excluding carboxylic acids is 4. The quantitative estimate of drug-likeness (QED) is 0.0629. The van der Waals surface area contributed by atoms with E-state index in [4.69, 9.17) is 46.3 Å². The van der Waals surface area contributed by atoms with Crippen molar-refractivity contribution in [3.05, 3.63) is 103 Å². The van der Waals surface area contributed by atoms with Crippen molar-refractivity contribution in [3.8, 4) is 34.4 Å². The number of piperazine rings is 1. The third kappa shape index (κ3) is 10.6. The van der Waals surface area contributed by atoms with Crippen LogP contribution in [0.5, 0.6) is 11.8 Å². The van der Waals surface area contributed by atoms with Gasteiger partial charge in [-0.25, -0.2) is 28.7 Å². The van der Waals surface area contributed by atoms with Crippen molar-refractivity contribution < 1.29 is 60.8 Å². The summed E-state index contributed by atoms with van der Waals surface area (Å²) >= 11 is 6.71. The summed E-state index contributed by atoms with van der Waals surface area (Å²) in [6, 6.07) is 7.92. The number of aryl methyl sites for hydroxylation is 2. The molecule has 0 spiro atoms. The monoisotopic (exact) mass is 1210 g/mol. The molecule has 6 aromatic rings. The van der Waals surface area contributed by atoms with Crippen molar-refractivity contribution in [2.45, 2.75) is 109 Å². The van der Waals surface area contributed by atoms with Gasteiger partial charge in [0.25, 0.3) is 11.5 Å². The van der Waals surface area contributed by atoms with E-state index in [1.165, 1.54) is 27.7 Å². The maximum atomic E-state index is 17.1. The molecule has 2 aromatic carbocycles. The van der Waals surface area contributed by atoms with Gasteiger partial charge in [-0.2, -0.15) is 23.1 Å². The Bertz CT molecular complexity index is 3880. The Labute approximate surface area is 496 Å². The number of esters is 1. The minimum atomic E-state index is -4.94. The molecule has 3 amide bonds. The Balaban J connectivity index is 0.732. The topological polar surface area (TPSA) is 241 Å². The molecule has 5 aliphatic rings. The predicted octanol–water partition coefficient (Wildman–Crippen LogP) is 8.15. The van der Waals surface area contributed by atoms with Crippen LogP contribution in [0.15, 0.2) is 53.3 Å². The molecule has 0 aliphatic carbocycles. The highest BCUT2D eigenvalue weighted by Crippen LogP contribution is 2.46. The number of nitrogens with two attached hydrogens (primary N) is 1. The van der Waals surface area contributed by atoms with Gasteiger partial charge in [0.05, 0.1) is 56.9 Å². The number of ether oxygens (including phenoxy) is 4. The summed E-state index contributed by atoms with van der Waals surface area (Å²) in [5, 5.41) is 11.7. The van der Waals surface area contributed by atoms with Gasteiger partial charge in [-0.3, -0.25) is 9.59 Å². The number of pyridine rings is 3. The second kappa shape index (κ2) is 22.9. The summed E-state index contributed by atoms with van der Waals surface area (Å²) in [5.41, 5.74) is 4.04. The number of nitrogens with zero attached hydrogens (tertiary/aromatic N) is 10. The van der Waals surface area contributed by atoms with Crippen molar-refractivity contribution in [2.24, 2.45) is 0 Å². The van der Waals surface area contributed by atoms with Crippen LogP contribution in [0.3, 0.4) is 0 Å². The number of alkyl halides is 3. The van der Waals surface area contributed by atoms with Gasteiger partial charge in [0.15, 0.2) is 11.4 Å². The van der Waals surface area contributed by atoms with Crippen LogP contribution in [0.25, 0.3) is 44.5 Å². The molecule has 9 heterocycles. The van der Waals surface area contributed by atoms with Gasteiger partial charge < -0.3 is 58.9 Å². The van der Waals surface area contributed by atoms with E-state index >= 15 is 4.39 Å². The summed E-state index contributed by atoms with van der Waals surface area (Å²) in [7, 11) is 3.51. The molecule has 454 valence electrons. The van der Waals surface area contributed by atoms with Crippen LogP contribution in [0.1, 0.15) is 86.3 Å². The first-order chi connectivity index (χ1) is 40.9. The minimum absolute atomic E-state index is 0.00283. The summed E-state index contributed by atoms with van der Waals surface area (Å²) in [5.74, 6) is -2.32. The normalized spacial score (nSPS) is 20.3. The SMILES string of the molecule is C=C(COC(=O)N1CCC[C@H]1CN(C)C(=O)Oc1ccc2nc3c(c(CC)c2c1)Cn1c-3cc2c(c1=O)COC(=O)[C@]2(O)CC)C(=O)N1CCN(c2nc(OC[C@@H]3CCCN3C)nc3c(F)c(-c4nc(N)cc(C)c4C(F)(F)F)c(Cl)cc23)[C@@H](C)C1. The average molecular weight is 1210 g/mol. The number of halogens is 5. The van der Waals surface area contributed by atoms with E-state index in [1.807, 2.05) is 25.8 Å². The van der Waals surface area contributed by atoms with E-state index in [-0.39, 0.29) is 121 Å². The molecule has 21 nitrogen and oxygen atoms in total. The lowest BCUT2D eigenvalue weighted by Gasteiger charge is -2.41. The highest BCUT2D eigenvalue weighted by molar-refractivity contribution is 6.34. The number of rotatable bonds is 13. The Morgan fingerprint density at radius 1 is 0.977 bits per heavy atom. The van der Waals surface area contributed by atoms with Crippen molar-refractivity contribution in [2.75, 3.05) is 77.2 Å².